The van der Waals surface area contributed by atoms with E-state index in [0.717, 1.165) is 6.42 Å². The molecule has 1 aliphatic rings. The van der Waals surface area contributed by atoms with E-state index in [2.05, 4.69) is 6.58 Å². The summed E-state index contributed by atoms with van der Waals surface area (Å²) in [5.74, 6) is 0.281. The molecule has 1 fully saturated rings. The van der Waals surface area contributed by atoms with Crippen molar-refractivity contribution in [2.45, 2.75) is 25.9 Å². The van der Waals surface area contributed by atoms with Gasteiger partial charge in [0.2, 0.25) is 0 Å². The largest absolute Gasteiger partial charge is 0.462 e. The van der Waals surface area contributed by atoms with Crippen LogP contribution in [-0.4, -0.2) is 12.1 Å². The summed E-state index contributed by atoms with van der Waals surface area (Å²) in [6.07, 6.45) is 3.32. The van der Waals surface area contributed by atoms with Crippen LogP contribution in [0, 0.1) is 5.92 Å². The number of hydrogen-bond acceptors (Lipinski definition) is 2. The van der Waals surface area contributed by atoms with E-state index in [1.807, 2.05) is 13.0 Å². The van der Waals surface area contributed by atoms with E-state index in [0.29, 0.717) is 12.3 Å². The number of hydrogen-bond donors (Lipinski definition) is 0. The third-order valence-electron chi connectivity index (χ3n) is 1.90. The van der Waals surface area contributed by atoms with Crippen molar-refractivity contribution in [2.75, 3.05) is 0 Å². The predicted molar refractivity (Wildman–Crippen MR) is 38.5 cm³/mol. The predicted octanol–water partition coefficient (Wildman–Crippen LogP) is 1.51. The van der Waals surface area contributed by atoms with Crippen molar-refractivity contribution in [3.8, 4) is 0 Å². The summed E-state index contributed by atoms with van der Waals surface area (Å²) < 4.78 is 4.98. The third kappa shape index (κ3) is 1.38. The summed E-state index contributed by atoms with van der Waals surface area (Å²) >= 11 is 0. The van der Waals surface area contributed by atoms with Crippen LogP contribution < -0.4 is 0 Å². The van der Waals surface area contributed by atoms with Gasteiger partial charge in [0, 0.05) is 12.3 Å². The zero-order valence-electron chi connectivity index (χ0n) is 6.17. The van der Waals surface area contributed by atoms with Gasteiger partial charge in [-0.15, -0.1) is 6.58 Å². The lowest BCUT2D eigenvalue weighted by Gasteiger charge is -2.25. The summed E-state index contributed by atoms with van der Waals surface area (Å²) in [4.78, 5) is 10.7. The third-order valence-corrected chi connectivity index (χ3v) is 1.90. The molecule has 0 radical (unpaired) electrons. The standard InChI is InChI=1S/C8H12O2/c1-3-7-4-5-8(9)10-6(7)2/h3,6-7H,1,4-5H2,2H3/t6-,7+/m1/s1. The first-order valence-electron chi connectivity index (χ1n) is 3.56. The highest BCUT2D eigenvalue weighted by Crippen LogP contribution is 2.21. The quantitative estimate of drug-likeness (QED) is 0.407. The Hall–Kier alpha value is -0.790. The fourth-order valence-electron chi connectivity index (χ4n) is 1.18. The zero-order valence-corrected chi connectivity index (χ0v) is 6.17. The SMILES string of the molecule is C=C[C@H]1CCC(=O)O[C@@H]1C. The number of carbonyl (C=O) groups is 1. The molecule has 0 aromatic rings. The Morgan fingerprint density at radius 2 is 2.50 bits per heavy atom. The Morgan fingerprint density at radius 1 is 1.80 bits per heavy atom. The van der Waals surface area contributed by atoms with Crippen molar-refractivity contribution in [1.82, 2.24) is 0 Å². The average Bonchev–Trinajstić information content (AvgIpc) is 1.88. The van der Waals surface area contributed by atoms with Crippen molar-refractivity contribution >= 4 is 5.97 Å². The van der Waals surface area contributed by atoms with Crippen molar-refractivity contribution in [2.24, 2.45) is 5.92 Å². The van der Waals surface area contributed by atoms with E-state index in [-0.39, 0.29) is 12.1 Å². The lowest BCUT2D eigenvalue weighted by Crippen LogP contribution is -2.28. The molecule has 0 spiro atoms. The molecule has 0 aliphatic carbocycles. The highest BCUT2D eigenvalue weighted by atomic mass is 16.5. The van der Waals surface area contributed by atoms with E-state index < -0.39 is 0 Å². The van der Waals surface area contributed by atoms with E-state index in [1.54, 1.807) is 0 Å². The van der Waals surface area contributed by atoms with Crippen LogP contribution in [0.4, 0.5) is 0 Å². The van der Waals surface area contributed by atoms with E-state index in [4.69, 9.17) is 4.74 Å². The summed E-state index contributed by atoms with van der Waals surface area (Å²) in [5, 5.41) is 0. The molecule has 0 aromatic heterocycles. The molecule has 2 nitrogen and oxygen atoms in total. The first kappa shape index (κ1) is 7.32. The molecule has 0 saturated carbocycles. The molecule has 0 unspecified atom stereocenters. The molecule has 0 aromatic carbocycles. The molecule has 10 heavy (non-hydrogen) atoms. The minimum Gasteiger partial charge on any atom is -0.462 e. The van der Waals surface area contributed by atoms with Gasteiger partial charge in [-0.3, -0.25) is 4.79 Å². The fourth-order valence-corrected chi connectivity index (χ4v) is 1.18. The summed E-state index contributed by atoms with van der Waals surface area (Å²) in [6.45, 7) is 5.57. The normalized spacial score (nSPS) is 33.1. The van der Waals surface area contributed by atoms with Gasteiger partial charge in [0.15, 0.2) is 0 Å². The second kappa shape index (κ2) is 2.86. The van der Waals surface area contributed by atoms with Gasteiger partial charge in [-0.2, -0.15) is 0 Å². The molecule has 56 valence electrons. The Kier molecular flexibility index (Phi) is 2.10. The maximum atomic E-state index is 10.7. The number of esters is 1. The Morgan fingerprint density at radius 3 is 3.00 bits per heavy atom. The van der Waals surface area contributed by atoms with E-state index in [1.165, 1.54) is 0 Å². The van der Waals surface area contributed by atoms with Crippen LogP contribution in [0.25, 0.3) is 0 Å². The molecule has 0 bridgehead atoms. The van der Waals surface area contributed by atoms with Crippen molar-refractivity contribution in [3.05, 3.63) is 12.7 Å². The molecule has 2 heteroatoms. The molecule has 1 saturated heterocycles. The second-order valence-corrected chi connectivity index (χ2v) is 2.63. The molecule has 1 heterocycles. The smallest absolute Gasteiger partial charge is 0.306 e. The van der Waals surface area contributed by atoms with Crippen LogP contribution in [0.15, 0.2) is 12.7 Å². The lowest BCUT2D eigenvalue weighted by atomic mass is 9.95. The number of rotatable bonds is 1. The first-order valence-corrected chi connectivity index (χ1v) is 3.56. The van der Waals surface area contributed by atoms with Gasteiger partial charge < -0.3 is 4.74 Å². The number of carbonyl (C=O) groups excluding carboxylic acids is 1. The Labute approximate surface area is 60.9 Å². The van der Waals surface area contributed by atoms with Crippen molar-refractivity contribution in [1.29, 1.82) is 0 Å². The van der Waals surface area contributed by atoms with Gasteiger partial charge in [0.05, 0.1) is 0 Å². The van der Waals surface area contributed by atoms with Gasteiger partial charge in [0.25, 0.3) is 0 Å². The van der Waals surface area contributed by atoms with Crippen LogP contribution in [0.1, 0.15) is 19.8 Å². The molecule has 1 aliphatic heterocycles. The number of ether oxygens (including phenoxy) is 1. The number of cyclic esters (lactones) is 1. The maximum absolute atomic E-state index is 10.7. The minimum absolute atomic E-state index is 0.0266. The van der Waals surface area contributed by atoms with Gasteiger partial charge >= 0.3 is 5.97 Å². The molecule has 1 rings (SSSR count). The molecule has 2 atom stereocenters. The summed E-state index contributed by atoms with van der Waals surface area (Å²) in [7, 11) is 0. The van der Waals surface area contributed by atoms with E-state index >= 15 is 0 Å². The topological polar surface area (TPSA) is 26.3 Å². The average molecular weight is 140 g/mol. The van der Waals surface area contributed by atoms with Crippen LogP contribution in [0.2, 0.25) is 0 Å². The first-order chi connectivity index (χ1) is 4.74. The maximum Gasteiger partial charge on any atom is 0.306 e. The monoisotopic (exact) mass is 140 g/mol. The fraction of sp³-hybridized carbons (Fsp3) is 0.625. The van der Waals surface area contributed by atoms with Crippen LogP contribution >= 0.6 is 0 Å². The van der Waals surface area contributed by atoms with Gasteiger partial charge in [-0.1, -0.05) is 6.08 Å². The molecular weight excluding hydrogens is 128 g/mol. The lowest BCUT2D eigenvalue weighted by molar-refractivity contribution is -0.155. The highest BCUT2D eigenvalue weighted by molar-refractivity contribution is 5.70. The highest BCUT2D eigenvalue weighted by Gasteiger charge is 2.24. The van der Waals surface area contributed by atoms with E-state index in [9.17, 15) is 4.79 Å². The summed E-state index contributed by atoms with van der Waals surface area (Å²) in [6, 6.07) is 0. The second-order valence-electron chi connectivity index (χ2n) is 2.63. The van der Waals surface area contributed by atoms with Crippen LogP contribution in [0.5, 0.6) is 0 Å². The van der Waals surface area contributed by atoms with Crippen LogP contribution in [0.3, 0.4) is 0 Å². The Bertz CT molecular complexity index is 151. The van der Waals surface area contributed by atoms with Crippen molar-refractivity contribution < 1.29 is 9.53 Å². The molecular formula is C8H12O2. The Balaban J connectivity index is 2.50. The summed E-state index contributed by atoms with van der Waals surface area (Å²) in [5.41, 5.74) is 0. The van der Waals surface area contributed by atoms with Gasteiger partial charge in [-0.25, -0.2) is 0 Å². The van der Waals surface area contributed by atoms with Crippen LogP contribution in [-0.2, 0) is 9.53 Å². The minimum atomic E-state index is -0.0781. The molecule has 0 N–H and O–H groups in total. The van der Waals surface area contributed by atoms with Gasteiger partial charge in [0.1, 0.15) is 6.10 Å². The van der Waals surface area contributed by atoms with Crippen molar-refractivity contribution in [3.63, 3.8) is 0 Å². The molecule has 0 amide bonds. The van der Waals surface area contributed by atoms with Gasteiger partial charge in [-0.05, 0) is 13.3 Å². The zero-order chi connectivity index (χ0) is 7.56.